The number of pyridine rings is 1. The normalized spacial score (nSPS) is 12.8. The zero-order valence-electron chi connectivity index (χ0n) is 10.3. The summed E-state index contributed by atoms with van der Waals surface area (Å²) in [5.74, 6) is 0. The van der Waals surface area contributed by atoms with Gasteiger partial charge >= 0.3 is 0 Å². The maximum Gasteiger partial charge on any atom is 0.143 e. The molecule has 3 aromatic rings. The Morgan fingerprint density at radius 1 is 1.26 bits per heavy atom. The molecule has 96 valence electrons. The van der Waals surface area contributed by atoms with Crippen molar-refractivity contribution in [2.45, 2.75) is 13.0 Å². The second-order valence-electron chi connectivity index (χ2n) is 4.38. The molecule has 0 aliphatic carbocycles. The Morgan fingerprint density at radius 2 is 2.05 bits per heavy atom. The number of nitrogens with two attached hydrogens (primary N) is 1. The zero-order chi connectivity index (χ0) is 13.4. The monoisotopic (exact) mass is 333 g/mol. The van der Waals surface area contributed by atoms with Gasteiger partial charge in [-0.2, -0.15) is 0 Å². The van der Waals surface area contributed by atoms with Crippen LogP contribution in [0.15, 0.2) is 40.2 Å². The van der Waals surface area contributed by atoms with Gasteiger partial charge in [0.2, 0.25) is 0 Å². The first kappa shape index (κ1) is 12.7. The summed E-state index contributed by atoms with van der Waals surface area (Å²) in [5, 5.41) is 4.00. The van der Waals surface area contributed by atoms with E-state index in [2.05, 4.69) is 32.0 Å². The number of rotatable bonds is 2. The van der Waals surface area contributed by atoms with E-state index in [1.807, 2.05) is 36.6 Å². The molecular formula is C14H12BrN3S. The third-order valence-corrected chi connectivity index (χ3v) is 4.34. The molecule has 0 aliphatic heterocycles. The highest BCUT2D eigenvalue weighted by atomic mass is 79.9. The first-order valence-electron chi connectivity index (χ1n) is 5.92. The number of hydrogen-bond donors (Lipinski definition) is 1. The quantitative estimate of drug-likeness (QED) is 0.766. The van der Waals surface area contributed by atoms with E-state index in [0.29, 0.717) is 0 Å². The predicted octanol–water partition coefficient (Wildman–Crippen LogP) is 4.14. The van der Waals surface area contributed by atoms with Gasteiger partial charge in [-0.25, -0.2) is 9.97 Å². The highest BCUT2D eigenvalue weighted by Gasteiger charge is 2.12. The molecule has 0 aliphatic rings. The van der Waals surface area contributed by atoms with E-state index in [-0.39, 0.29) is 6.04 Å². The molecule has 0 bridgehead atoms. The van der Waals surface area contributed by atoms with Crippen LogP contribution >= 0.6 is 27.3 Å². The maximum absolute atomic E-state index is 5.85. The summed E-state index contributed by atoms with van der Waals surface area (Å²) in [6, 6.07) is 10.1. The second kappa shape index (κ2) is 5.00. The number of hydrogen-bond acceptors (Lipinski definition) is 4. The molecule has 2 aromatic heterocycles. The van der Waals surface area contributed by atoms with Crippen molar-refractivity contribution in [3.05, 3.63) is 45.9 Å². The van der Waals surface area contributed by atoms with Crippen molar-refractivity contribution >= 4 is 38.2 Å². The molecule has 2 N–H and O–H groups in total. The van der Waals surface area contributed by atoms with Gasteiger partial charge in [-0.1, -0.05) is 18.2 Å². The lowest BCUT2D eigenvalue weighted by Gasteiger charge is -2.03. The number of fused-ring (bicyclic) bond motifs is 1. The third kappa shape index (κ3) is 2.41. The van der Waals surface area contributed by atoms with Gasteiger partial charge in [0.1, 0.15) is 10.7 Å². The lowest BCUT2D eigenvalue weighted by Crippen LogP contribution is -2.04. The van der Waals surface area contributed by atoms with E-state index >= 15 is 0 Å². The van der Waals surface area contributed by atoms with Crippen molar-refractivity contribution in [3.63, 3.8) is 0 Å². The first-order valence-corrected chi connectivity index (χ1v) is 7.59. The molecule has 0 radical (unpaired) electrons. The fourth-order valence-electron chi connectivity index (χ4n) is 1.84. The number of para-hydroxylation sites is 1. The minimum atomic E-state index is -0.0516. The second-order valence-corrected chi connectivity index (χ2v) is 6.09. The van der Waals surface area contributed by atoms with Crippen molar-refractivity contribution in [1.29, 1.82) is 0 Å². The smallest absolute Gasteiger partial charge is 0.143 e. The van der Waals surface area contributed by atoms with Crippen LogP contribution in [0.1, 0.15) is 18.7 Å². The summed E-state index contributed by atoms with van der Waals surface area (Å²) in [5.41, 5.74) is 8.59. The number of benzene rings is 1. The van der Waals surface area contributed by atoms with Gasteiger partial charge < -0.3 is 5.73 Å². The molecular weight excluding hydrogens is 322 g/mol. The predicted molar refractivity (Wildman–Crippen MR) is 83.2 cm³/mol. The lowest BCUT2D eigenvalue weighted by molar-refractivity contribution is 0.790. The van der Waals surface area contributed by atoms with E-state index in [4.69, 9.17) is 5.73 Å². The molecule has 1 atom stereocenters. The van der Waals surface area contributed by atoms with Crippen LogP contribution in [0.2, 0.25) is 0 Å². The minimum absolute atomic E-state index is 0.0516. The Bertz CT molecular complexity index is 736. The average molecular weight is 334 g/mol. The largest absolute Gasteiger partial charge is 0.323 e. The standard InChI is InChI=1S/C14H12BrN3S/c1-8(16)12-7-19-14(18-12)13-10(15)6-9-4-2-3-5-11(9)17-13/h2-8H,16H2,1H3. The Kier molecular flexibility index (Phi) is 3.35. The SMILES string of the molecule is CC(N)c1csc(-c2nc3ccccc3cc2Br)n1. The van der Waals surface area contributed by atoms with Crippen LogP contribution in [0, 0.1) is 0 Å². The highest BCUT2D eigenvalue weighted by Crippen LogP contribution is 2.32. The Labute approximate surface area is 123 Å². The molecule has 1 unspecified atom stereocenters. The van der Waals surface area contributed by atoms with Crippen molar-refractivity contribution in [2.75, 3.05) is 0 Å². The van der Waals surface area contributed by atoms with E-state index < -0.39 is 0 Å². The summed E-state index contributed by atoms with van der Waals surface area (Å²) in [7, 11) is 0. The van der Waals surface area contributed by atoms with Gasteiger partial charge in [0, 0.05) is 21.3 Å². The summed E-state index contributed by atoms with van der Waals surface area (Å²) < 4.78 is 0.955. The molecule has 0 amide bonds. The van der Waals surface area contributed by atoms with Crippen molar-refractivity contribution in [2.24, 2.45) is 5.73 Å². The molecule has 1 aromatic carbocycles. The van der Waals surface area contributed by atoms with E-state index in [1.165, 1.54) is 0 Å². The van der Waals surface area contributed by atoms with Crippen molar-refractivity contribution in [1.82, 2.24) is 9.97 Å². The fraction of sp³-hybridized carbons (Fsp3) is 0.143. The molecule has 3 nitrogen and oxygen atoms in total. The zero-order valence-corrected chi connectivity index (χ0v) is 12.7. The molecule has 0 saturated carbocycles. The summed E-state index contributed by atoms with van der Waals surface area (Å²) in [6.45, 7) is 1.93. The fourth-order valence-corrected chi connectivity index (χ4v) is 3.42. The first-order chi connectivity index (χ1) is 9.15. The summed E-state index contributed by atoms with van der Waals surface area (Å²) in [6.07, 6.45) is 0. The van der Waals surface area contributed by atoms with Crippen LogP contribution in [0.3, 0.4) is 0 Å². The number of halogens is 1. The Morgan fingerprint density at radius 3 is 2.79 bits per heavy atom. The van der Waals surface area contributed by atoms with Crippen molar-refractivity contribution < 1.29 is 0 Å². The molecule has 0 saturated heterocycles. The average Bonchev–Trinajstić information content (AvgIpc) is 2.87. The van der Waals surface area contributed by atoms with Gasteiger partial charge in [-0.3, -0.25) is 0 Å². The minimum Gasteiger partial charge on any atom is -0.323 e. The molecule has 3 rings (SSSR count). The van der Waals surface area contributed by atoms with Gasteiger partial charge in [-0.15, -0.1) is 11.3 Å². The number of aromatic nitrogens is 2. The van der Waals surface area contributed by atoms with E-state index in [0.717, 1.165) is 31.8 Å². The molecule has 0 fully saturated rings. The maximum atomic E-state index is 5.85. The van der Waals surface area contributed by atoms with Crippen LogP contribution < -0.4 is 5.73 Å². The number of thiazole rings is 1. The lowest BCUT2D eigenvalue weighted by atomic mass is 10.2. The summed E-state index contributed by atoms with van der Waals surface area (Å²) in [4.78, 5) is 9.23. The van der Waals surface area contributed by atoms with Crippen LogP contribution in [0.4, 0.5) is 0 Å². The van der Waals surface area contributed by atoms with Gasteiger partial charge in [0.05, 0.1) is 11.2 Å². The Hall–Kier alpha value is -1.30. The Balaban J connectivity index is 2.15. The highest BCUT2D eigenvalue weighted by molar-refractivity contribution is 9.10. The summed E-state index contributed by atoms with van der Waals surface area (Å²) >= 11 is 5.14. The van der Waals surface area contributed by atoms with Gasteiger partial charge in [0.25, 0.3) is 0 Å². The topological polar surface area (TPSA) is 51.8 Å². The van der Waals surface area contributed by atoms with Crippen LogP contribution in [-0.4, -0.2) is 9.97 Å². The van der Waals surface area contributed by atoms with Crippen molar-refractivity contribution in [3.8, 4) is 10.7 Å². The molecule has 2 heterocycles. The van der Waals surface area contributed by atoms with E-state index in [9.17, 15) is 0 Å². The molecule has 5 heteroatoms. The van der Waals surface area contributed by atoms with Gasteiger partial charge in [0.15, 0.2) is 0 Å². The van der Waals surface area contributed by atoms with Crippen LogP contribution in [0.5, 0.6) is 0 Å². The van der Waals surface area contributed by atoms with Crippen LogP contribution in [0.25, 0.3) is 21.6 Å². The third-order valence-electron chi connectivity index (χ3n) is 2.87. The molecule has 0 spiro atoms. The number of nitrogens with zero attached hydrogens (tertiary/aromatic N) is 2. The van der Waals surface area contributed by atoms with Gasteiger partial charge in [-0.05, 0) is 35.0 Å². The van der Waals surface area contributed by atoms with Crippen LogP contribution in [-0.2, 0) is 0 Å². The van der Waals surface area contributed by atoms with E-state index in [1.54, 1.807) is 11.3 Å². The molecule has 19 heavy (non-hydrogen) atoms.